The molecule has 0 bridgehead atoms. The third-order valence-electron chi connectivity index (χ3n) is 2.15. The minimum atomic E-state index is -1.18. The van der Waals surface area contributed by atoms with Gasteiger partial charge in [0.1, 0.15) is 6.04 Å². The number of hydrogen-bond acceptors (Lipinski definition) is 5. The van der Waals surface area contributed by atoms with Gasteiger partial charge in [-0.05, 0) is 13.8 Å². The highest BCUT2D eigenvalue weighted by atomic mass is 16.4. The highest BCUT2D eigenvalue weighted by molar-refractivity contribution is 5.73. The van der Waals surface area contributed by atoms with E-state index in [4.69, 9.17) is 15.9 Å². The average Bonchev–Trinajstić information content (AvgIpc) is 2.63. The van der Waals surface area contributed by atoms with Crippen LogP contribution in [0.25, 0.3) is 0 Å². The van der Waals surface area contributed by atoms with Crippen LogP contribution in [0.5, 0.6) is 0 Å². The maximum Gasteiger partial charge on any atom is 0.323 e. The predicted molar refractivity (Wildman–Crippen MR) is 61.4 cm³/mol. The Morgan fingerprint density at radius 3 is 2.25 bits per heavy atom. The zero-order valence-corrected chi connectivity index (χ0v) is 10.00. The van der Waals surface area contributed by atoms with Crippen LogP contribution in [0.1, 0.15) is 13.8 Å². The van der Waals surface area contributed by atoms with Crippen LogP contribution >= 0.6 is 0 Å². The second-order valence-electron chi connectivity index (χ2n) is 3.71. The lowest BCUT2D eigenvalue weighted by Crippen LogP contribution is -2.39. The molecule has 6 heteroatoms. The molecule has 16 heavy (non-hydrogen) atoms. The minimum Gasteiger partial charge on any atom is -0.480 e. The molecule has 6 nitrogen and oxygen atoms in total. The number of nitrogens with zero attached hydrogens (tertiary/aromatic N) is 2. The van der Waals surface area contributed by atoms with Crippen LogP contribution in [0.3, 0.4) is 0 Å². The molecule has 4 N–H and O–H groups in total. The van der Waals surface area contributed by atoms with Crippen LogP contribution in [0.15, 0.2) is 12.4 Å². The van der Waals surface area contributed by atoms with Crippen molar-refractivity contribution in [1.82, 2.24) is 9.80 Å². The van der Waals surface area contributed by atoms with Crippen molar-refractivity contribution in [2.45, 2.75) is 26.0 Å². The molecule has 0 spiro atoms. The van der Waals surface area contributed by atoms with Gasteiger partial charge in [-0.1, -0.05) is 0 Å². The van der Waals surface area contributed by atoms with Gasteiger partial charge in [-0.3, -0.25) is 4.79 Å². The minimum absolute atomic E-state index is 0.979. The van der Waals surface area contributed by atoms with Crippen LogP contribution in [-0.2, 0) is 4.79 Å². The first-order chi connectivity index (χ1) is 7.38. The maximum atomic E-state index is 9.86. The van der Waals surface area contributed by atoms with E-state index in [0.717, 1.165) is 13.2 Å². The van der Waals surface area contributed by atoms with E-state index in [-0.39, 0.29) is 0 Å². The molecule has 0 radical (unpaired) electrons. The fourth-order valence-corrected chi connectivity index (χ4v) is 1.00. The summed E-state index contributed by atoms with van der Waals surface area (Å²) in [6, 6.07) is -1.16. The lowest BCUT2D eigenvalue weighted by Gasteiger charge is -2.14. The van der Waals surface area contributed by atoms with Crippen molar-refractivity contribution in [2.24, 2.45) is 5.73 Å². The highest BCUT2D eigenvalue weighted by Gasteiger charge is 2.16. The number of hydrogen-bond donors (Lipinski definition) is 3. The lowest BCUT2D eigenvalue weighted by molar-refractivity contribution is -0.140. The largest absolute Gasteiger partial charge is 0.480 e. The van der Waals surface area contributed by atoms with E-state index in [1.165, 1.54) is 6.92 Å². The lowest BCUT2D eigenvalue weighted by atomic mass is 10.2. The van der Waals surface area contributed by atoms with Crippen molar-refractivity contribution in [3.63, 3.8) is 0 Å². The van der Waals surface area contributed by atoms with Crippen molar-refractivity contribution < 1.29 is 15.0 Å². The Labute approximate surface area is 95.9 Å². The number of carbonyl (C=O) groups is 1. The maximum absolute atomic E-state index is 9.86. The summed E-state index contributed by atoms with van der Waals surface area (Å²) < 4.78 is 0. The zero-order chi connectivity index (χ0) is 12.7. The summed E-state index contributed by atoms with van der Waals surface area (Å²) in [7, 11) is 2.08. The second kappa shape index (κ2) is 7.08. The Morgan fingerprint density at radius 2 is 2.12 bits per heavy atom. The van der Waals surface area contributed by atoms with Crippen LogP contribution in [0.4, 0.5) is 0 Å². The predicted octanol–water partition coefficient (Wildman–Crippen LogP) is -0.538. The molecule has 94 valence electrons. The smallest absolute Gasteiger partial charge is 0.323 e. The van der Waals surface area contributed by atoms with Gasteiger partial charge in [-0.15, -0.1) is 0 Å². The number of rotatable bonds is 3. The molecule has 1 aliphatic rings. The summed E-state index contributed by atoms with van der Waals surface area (Å²) in [6.45, 7) is 5.65. The van der Waals surface area contributed by atoms with Gasteiger partial charge in [-0.25, -0.2) is 0 Å². The van der Waals surface area contributed by atoms with Crippen LogP contribution in [0.2, 0.25) is 0 Å². The first-order valence-electron chi connectivity index (χ1n) is 5.17. The van der Waals surface area contributed by atoms with Gasteiger partial charge in [0.05, 0.1) is 12.8 Å². The molecular weight excluding hydrogens is 210 g/mol. The van der Waals surface area contributed by atoms with E-state index >= 15 is 0 Å². The van der Waals surface area contributed by atoms with E-state index in [9.17, 15) is 4.79 Å². The number of aliphatic carboxylic acids is 1. The van der Waals surface area contributed by atoms with Gasteiger partial charge in [0.15, 0.2) is 0 Å². The number of aliphatic hydroxyl groups is 1. The first kappa shape index (κ1) is 14.7. The van der Waals surface area contributed by atoms with Crippen LogP contribution < -0.4 is 5.73 Å². The Kier molecular flexibility index (Phi) is 6.52. The number of carboxylic acid groups (broad SMARTS) is 1. The third-order valence-corrected chi connectivity index (χ3v) is 2.15. The van der Waals surface area contributed by atoms with Crippen molar-refractivity contribution in [3.8, 4) is 0 Å². The molecule has 0 aromatic rings. The van der Waals surface area contributed by atoms with E-state index in [2.05, 4.69) is 36.2 Å². The average molecular weight is 231 g/mol. The molecule has 1 heterocycles. The number of carboxylic acids is 1. The van der Waals surface area contributed by atoms with E-state index in [1.807, 2.05) is 0 Å². The molecule has 0 aromatic carbocycles. The SMILES string of the molecule is CCN1C=CN(C)C1.C[C@@H](O)[C@H](N)C(=O)O. The summed E-state index contributed by atoms with van der Waals surface area (Å²) >= 11 is 0. The summed E-state index contributed by atoms with van der Waals surface area (Å²) in [5.74, 6) is -1.18. The molecule has 0 fully saturated rings. The van der Waals surface area contributed by atoms with Gasteiger partial charge in [0, 0.05) is 26.0 Å². The molecule has 1 aliphatic heterocycles. The summed E-state index contributed by atoms with van der Waals surface area (Å²) in [4.78, 5) is 14.3. The summed E-state index contributed by atoms with van der Waals surface area (Å²) in [6.07, 6.45) is 3.22. The Bertz CT molecular complexity index is 243. The molecule has 0 unspecified atom stereocenters. The molecule has 0 saturated heterocycles. The Hall–Kier alpha value is -1.27. The quantitative estimate of drug-likeness (QED) is 0.604. The summed E-state index contributed by atoms with van der Waals surface area (Å²) in [5, 5.41) is 16.6. The van der Waals surface area contributed by atoms with Crippen molar-refractivity contribution in [1.29, 1.82) is 0 Å². The zero-order valence-electron chi connectivity index (χ0n) is 10.00. The van der Waals surface area contributed by atoms with Gasteiger partial charge in [0.25, 0.3) is 0 Å². The molecular formula is C10H21N3O3. The number of nitrogens with two attached hydrogens (primary N) is 1. The monoisotopic (exact) mass is 231 g/mol. The molecule has 1 rings (SSSR count). The first-order valence-corrected chi connectivity index (χ1v) is 5.17. The highest BCUT2D eigenvalue weighted by Crippen LogP contribution is 2.00. The molecule has 0 aromatic heterocycles. The Balaban J connectivity index is 0.000000281. The van der Waals surface area contributed by atoms with Crippen molar-refractivity contribution >= 4 is 5.97 Å². The molecule has 0 aliphatic carbocycles. The van der Waals surface area contributed by atoms with Crippen LogP contribution in [-0.4, -0.2) is 58.4 Å². The van der Waals surface area contributed by atoms with Gasteiger partial charge in [0.2, 0.25) is 0 Å². The fourth-order valence-electron chi connectivity index (χ4n) is 1.00. The van der Waals surface area contributed by atoms with E-state index in [0.29, 0.717) is 0 Å². The van der Waals surface area contributed by atoms with Gasteiger partial charge < -0.3 is 25.7 Å². The normalized spacial score (nSPS) is 17.8. The standard InChI is InChI=1S/C6H12N2.C4H9NO3/c1-3-8-5-4-7(2)6-8;1-2(6)3(5)4(7)8/h4-5H,3,6H2,1-2H3;2-3,6H,5H2,1H3,(H,7,8)/t;2-,3+/m.1/s1. The van der Waals surface area contributed by atoms with Crippen molar-refractivity contribution in [3.05, 3.63) is 12.4 Å². The molecule has 2 atom stereocenters. The van der Waals surface area contributed by atoms with Crippen LogP contribution in [0, 0.1) is 0 Å². The topological polar surface area (TPSA) is 90.0 Å². The van der Waals surface area contributed by atoms with Crippen molar-refractivity contribution in [2.75, 3.05) is 20.3 Å². The van der Waals surface area contributed by atoms with Gasteiger partial charge in [-0.2, -0.15) is 0 Å². The molecule has 0 saturated carbocycles. The second-order valence-corrected chi connectivity index (χ2v) is 3.71. The number of aliphatic hydroxyl groups excluding tert-OH is 1. The fraction of sp³-hybridized carbons (Fsp3) is 0.700. The van der Waals surface area contributed by atoms with E-state index in [1.54, 1.807) is 0 Å². The van der Waals surface area contributed by atoms with E-state index < -0.39 is 18.1 Å². The molecule has 0 amide bonds. The third kappa shape index (κ3) is 5.57. The van der Waals surface area contributed by atoms with Gasteiger partial charge >= 0.3 is 5.97 Å². The Morgan fingerprint density at radius 1 is 1.56 bits per heavy atom. The summed E-state index contributed by atoms with van der Waals surface area (Å²) in [5.41, 5.74) is 4.91.